The maximum absolute atomic E-state index is 12.1. The maximum atomic E-state index is 12.1. The van der Waals surface area contributed by atoms with Gasteiger partial charge in [-0.1, -0.05) is 38.8 Å². The Kier molecular flexibility index (Phi) is 7.43. The van der Waals surface area contributed by atoms with Crippen LogP contribution in [0.3, 0.4) is 0 Å². The van der Waals surface area contributed by atoms with E-state index in [9.17, 15) is 14.7 Å². The summed E-state index contributed by atoms with van der Waals surface area (Å²) in [5.41, 5.74) is 0.600. The van der Waals surface area contributed by atoms with Gasteiger partial charge >= 0.3 is 5.97 Å². The number of hydrogen-bond acceptors (Lipinski definition) is 3. The second-order valence-corrected chi connectivity index (χ2v) is 5.52. The van der Waals surface area contributed by atoms with Crippen LogP contribution in [0.25, 0.3) is 0 Å². The highest BCUT2D eigenvalue weighted by atomic mass is 16.5. The summed E-state index contributed by atoms with van der Waals surface area (Å²) in [5.74, 6) is -1.13. The second-order valence-electron chi connectivity index (χ2n) is 5.52. The zero-order chi connectivity index (χ0) is 16.5. The average Bonchev–Trinajstić information content (AvgIpc) is 2.47. The van der Waals surface area contributed by atoms with Gasteiger partial charge in [-0.3, -0.25) is 9.59 Å². The molecule has 0 bridgehead atoms. The first-order chi connectivity index (χ1) is 10.5. The summed E-state index contributed by atoms with van der Waals surface area (Å²) in [6.07, 6.45) is 2.59. The van der Waals surface area contributed by atoms with Gasteiger partial charge in [0.1, 0.15) is 5.75 Å². The SMILES string of the molecule is CCCC[C@@H](C(=O)O)[C@H](C)CC(=O)Nc1ccccc1OC. The number of benzene rings is 1. The molecule has 22 heavy (non-hydrogen) atoms. The molecular weight excluding hydrogens is 282 g/mol. The van der Waals surface area contributed by atoms with Crippen LogP contribution in [0, 0.1) is 11.8 Å². The predicted octanol–water partition coefficient (Wildman–Crippen LogP) is 3.55. The van der Waals surface area contributed by atoms with Crippen LogP contribution >= 0.6 is 0 Å². The van der Waals surface area contributed by atoms with Crippen LogP contribution in [-0.4, -0.2) is 24.1 Å². The van der Waals surface area contributed by atoms with E-state index in [0.717, 1.165) is 12.8 Å². The number of nitrogens with one attached hydrogen (secondary N) is 1. The molecular formula is C17H25NO4. The Labute approximate surface area is 131 Å². The van der Waals surface area contributed by atoms with Gasteiger partial charge in [-0.15, -0.1) is 0 Å². The minimum atomic E-state index is -0.828. The Balaban J connectivity index is 2.64. The number of carboxylic acid groups (broad SMARTS) is 1. The van der Waals surface area contributed by atoms with Gasteiger partial charge in [-0.25, -0.2) is 0 Å². The lowest BCUT2D eigenvalue weighted by Crippen LogP contribution is -2.26. The van der Waals surface area contributed by atoms with Gasteiger partial charge in [0.25, 0.3) is 0 Å². The van der Waals surface area contributed by atoms with Gasteiger partial charge in [0.2, 0.25) is 5.91 Å². The van der Waals surface area contributed by atoms with Crippen LogP contribution in [0.5, 0.6) is 5.75 Å². The topological polar surface area (TPSA) is 75.6 Å². The fraction of sp³-hybridized carbons (Fsp3) is 0.529. The Bertz CT molecular complexity index is 501. The highest BCUT2D eigenvalue weighted by Gasteiger charge is 2.26. The van der Waals surface area contributed by atoms with Gasteiger partial charge in [-0.2, -0.15) is 0 Å². The molecule has 1 aromatic rings. The Morgan fingerprint density at radius 2 is 2.00 bits per heavy atom. The number of unbranched alkanes of at least 4 members (excludes halogenated alkanes) is 1. The predicted molar refractivity (Wildman–Crippen MR) is 86.1 cm³/mol. The lowest BCUT2D eigenvalue weighted by atomic mass is 9.87. The van der Waals surface area contributed by atoms with E-state index < -0.39 is 11.9 Å². The third kappa shape index (κ3) is 5.39. The van der Waals surface area contributed by atoms with Gasteiger partial charge in [0.05, 0.1) is 18.7 Å². The molecule has 0 saturated heterocycles. The van der Waals surface area contributed by atoms with Crippen molar-refractivity contribution in [2.24, 2.45) is 11.8 Å². The monoisotopic (exact) mass is 307 g/mol. The van der Waals surface area contributed by atoms with Gasteiger partial charge in [0.15, 0.2) is 0 Å². The third-order valence-electron chi connectivity index (χ3n) is 3.76. The highest BCUT2D eigenvalue weighted by molar-refractivity contribution is 5.92. The van der Waals surface area contributed by atoms with Crippen molar-refractivity contribution in [3.05, 3.63) is 24.3 Å². The van der Waals surface area contributed by atoms with Crippen LogP contribution in [0.1, 0.15) is 39.5 Å². The second kappa shape index (κ2) is 9.07. The standard InChI is InChI=1S/C17H25NO4/c1-4-5-8-13(17(20)21)12(2)11-16(19)18-14-9-6-7-10-15(14)22-3/h6-7,9-10,12-13H,4-5,8,11H2,1-3H3,(H,18,19)(H,20,21)/t12-,13-/m1/s1. The molecule has 0 aliphatic heterocycles. The van der Waals surface area contributed by atoms with Crippen molar-refractivity contribution in [1.29, 1.82) is 0 Å². The van der Waals surface area contributed by atoms with E-state index in [-0.39, 0.29) is 18.2 Å². The first-order valence-electron chi connectivity index (χ1n) is 7.65. The lowest BCUT2D eigenvalue weighted by molar-refractivity contribution is -0.144. The Morgan fingerprint density at radius 1 is 1.32 bits per heavy atom. The molecule has 0 radical (unpaired) electrons. The molecule has 5 heteroatoms. The van der Waals surface area contributed by atoms with E-state index >= 15 is 0 Å². The number of para-hydroxylation sites is 2. The normalized spacial score (nSPS) is 13.2. The molecule has 0 aliphatic rings. The summed E-state index contributed by atoms with van der Waals surface area (Å²) in [4.78, 5) is 23.5. The summed E-state index contributed by atoms with van der Waals surface area (Å²) < 4.78 is 5.18. The van der Waals surface area contributed by atoms with Crippen molar-refractivity contribution in [3.63, 3.8) is 0 Å². The van der Waals surface area contributed by atoms with E-state index in [1.165, 1.54) is 0 Å². The minimum absolute atomic E-state index is 0.179. The molecule has 0 heterocycles. The molecule has 0 aromatic heterocycles. The zero-order valence-corrected chi connectivity index (χ0v) is 13.5. The molecule has 0 saturated carbocycles. The van der Waals surface area contributed by atoms with Crippen LogP contribution < -0.4 is 10.1 Å². The van der Waals surface area contributed by atoms with E-state index in [4.69, 9.17) is 4.74 Å². The van der Waals surface area contributed by atoms with E-state index in [2.05, 4.69) is 5.32 Å². The number of carbonyl (C=O) groups is 2. The lowest BCUT2D eigenvalue weighted by Gasteiger charge is -2.20. The summed E-state index contributed by atoms with van der Waals surface area (Å²) in [6.45, 7) is 3.84. The van der Waals surface area contributed by atoms with E-state index in [1.54, 1.807) is 19.2 Å². The van der Waals surface area contributed by atoms with Crippen LogP contribution in [0.2, 0.25) is 0 Å². The third-order valence-corrected chi connectivity index (χ3v) is 3.76. The number of hydrogen-bond donors (Lipinski definition) is 2. The number of carbonyl (C=O) groups excluding carboxylic acids is 1. The van der Waals surface area contributed by atoms with Crippen LogP contribution in [0.4, 0.5) is 5.69 Å². The highest BCUT2D eigenvalue weighted by Crippen LogP contribution is 2.26. The van der Waals surface area contributed by atoms with Crippen LogP contribution in [-0.2, 0) is 9.59 Å². The molecule has 5 nitrogen and oxygen atoms in total. The number of aliphatic carboxylic acids is 1. The minimum Gasteiger partial charge on any atom is -0.495 e. The fourth-order valence-electron chi connectivity index (χ4n) is 2.46. The van der Waals surface area contributed by atoms with Crippen molar-refractivity contribution in [2.45, 2.75) is 39.5 Å². The largest absolute Gasteiger partial charge is 0.495 e. The van der Waals surface area contributed by atoms with Crippen molar-refractivity contribution in [3.8, 4) is 5.75 Å². The van der Waals surface area contributed by atoms with Crippen molar-refractivity contribution >= 4 is 17.6 Å². The summed E-state index contributed by atoms with van der Waals surface area (Å²) >= 11 is 0. The van der Waals surface area contributed by atoms with E-state index in [1.807, 2.05) is 26.0 Å². The number of methoxy groups -OCH3 is 1. The Hall–Kier alpha value is -2.04. The molecule has 1 rings (SSSR count). The molecule has 2 N–H and O–H groups in total. The summed E-state index contributed by atoms with van der Waals surface area (Å²) in [6, 6.07) is 7.15. The number of amides is 1. The zero-order valence-electron chi connectivity index (χ0n) is 13.5. The van der Waals surface area contributed by atoms with Gasteiger partial charge in [0, 0.05) is 6.42 Å². The molecule has 1 amide bonds. The summed E-state index contributed by atoms with van der Waals surface area (Å²) in [5, 5.41) is 12.1. The molecule has 0 unspecified atom stereocenters. The van der Waals surface area contributed by atoms with Crippen LogP contribution in [0.15, 0.2) is 24.3 Å². The number of carboxylic acids is 1. The molecule has 0 fully saturated rings. The molecule has 0 aliphatic carbocycles. The van der Waals surface area contributed by atoms with Gasteiger partial charge < -0.3 is 15.2 Å². The fourth-order valence-corrected chi connectivity index (χ4v) is 2.46. The first-order valence-corrected chi connectivity index (χ1v) is 7.65. The van der Waals surface area contributed by atoms with Gasteiger partial charge in [-0.05, 0) is 24.5 Å². The van der Waals surface area contributed by atoms with Crippen molar-refractivity contribution in [1.82, 2.24) is 0 Å². The smallest absolute Gasteiger partial charge is 0.306 e. The summed E-state index contributed by atoms with van der Waals surface area (Å²) in [7, 11) is 1.54. The average molecular weight is 307 g/mol. The van der Waals surface area contributed by atoms with E-state index in [0.29, 0.717) is 17.9 Å². The molecule has 122 valence electrons. The molecule has 2 atom stereocenters. The quantitative estimate of drug-likeness (QED) is 0.731. The molecule has 0 spiro atoms. The van der Waals surface area contributed by atoms with Crippen molar-refractivity contribution in [2.75, 3.05) is 12.4 Å². The number of ether oxygens (including phenoxy) is 1. The number of rotatable bonds is 9. The van der Waals surface area contributed by atoms with Crippen molar-refractivity contribution < 1.29 is 19.4 Å². The Morgan fingerprint density at radius 3 is 2.59 bits per heavy atom. The molecule has 1 aromatic carbocycles. The first kappa shape index (κ1) is 18.0. The number of anilines is 1. The maximum Gasteiger partial charge on any atom is 0.306 e.